The summed E-state index contributed by atoms with van der Waals surface area (Å²) in [5, 5.41) is 6.08. The molecule has 2 nitrogen and oxygen atoms in total. The molecular weight excluding hydrogens is 268 g/mol. The fourth-order valence-electron chi connectivity index (χ4n) is 0.793. The monoisotopic (exact) mass is 274 g/mol. The maximum atomic E-state index is 12.9. The van der Waals surface area contributed by atoms with Gasteiger partial charge in [0.15, 0.2) is 17.5 Å². The normalized spacial score (nSPS) is 9.44. The van der Waals surface area contributed by atoms with Crippen LogP contribution in [0.5, 0.6) is 0 Å². The van der Waals surface area contributed by atoms with E-state index in [1.54, 1.807) is 0 Å². The molecule has 90 valence electrons. The van der Waals surface area contributed by atoms with Crippen LogP contribution in [0, 0.1) is 17.5 Å². The summed E-state index contributed by atoms with van der Waals surface area (Å²) in [6.07, 6.45) is 0. The lowest BCUT2D eigenvalue weighted by Gasteiger charge is -2.05. The molecular formula is C9H7Cl2F3O2. The molecule has 0 saturated heterocycles. The van der Waals surface area contributed by atoms with Crippen molar-refractivity contribution in [2.24, 2.45) is 0 Å². The topological polar surface area (TPSA) is 37.3 Å². The molecule has 0 spiro atoms. The number of benzene rings is 1. The van der Waals surface area contributed by atoms with Crippen molar-refractivity contribution < 1.29 is 23.1 Å². The molecule has 0 aliphatic rings. The highest BCUT2D eigenvalue weighted by atomic mass is 35.5. The maximum Gasteiger partial charge on any atom is 0.341 e. The molecule has 1 N–H and O–H groups in total. The first-order valence-electron chi connectivity index (χ1n) is 4.12. The Bertz CT molecular complexity index is 393. The van der Waals surface area contributed by atoms with Gasteiger partial charge in [-0.2, -0.15) is 0 Å². The largest absolute Gasteiger partial charge is 0.477 e. The van der Waals surface area contributed by atoms with Gasteiger partial charge in [-0.3, -0.25) is 0 Å². The molecule has 0 aliphatic carbocycles. The van der Waals surface area contributed by atoms with Gasteiger partial charge >= 0.3 is 5.97 Å². The molecule has 1 aromatic rings. The Balaban J connectivity index is 0.00000106. The molecule has 0 aliphatic heterocycles. The van der Waals surface area contributed by atoms with E-state index in [2.05, 4.69) is 0 Å². The smallest absolute Gasteiger partial charge is 0.341 e. The number of carbonyl (C=O) groups is 1. The highest BCUT2D eigenvalue weighted by molar-refractivity contribution is 6.35. The molecule has 0 atom stereocenters. The molecule has 0 saturated carbocycles. The average Bonchev–Trinajstić information content (AvgIpc) is 2.26. The summed E-state index contributed by atoms with van der Waals surface area (Å²) < 4.78 is 38.6. The van der Waals surface area contributed by atoms with Gasteiger partial charge in [0.05, 0.1) is 0 Å². The molecule has 16 heavy (non-hydrogen) atoms. The van der Waals surface area contributed by atoms with Gasteiger partial charge in [0, 0.05) is 0 Å². The summed E-state index contributed by atoms with van der Waals surface area (Å²) in [5.74, 6) is -6.80. The van der Waals surface area contributed by atoms with Gasteiger partial charge in [0.2, 0.25) is 0 Å². The minimum absolute atomic E-state index is 1.14. The van der Waals surface area contributed by atoms with Crippen LogP contribution >= 0.6 is 23.2 Å². The number of carboxylic acids is 1. The van der Waals surface area contributed by atoms with Crippen LogP contribution in [0.3, 0.4) is 0 Å². The third-order valence-corrected chi connectivity index (χ3v) is 2.09. The first-order valence-corrected chi connectivity index (χ1v) is 4.88. The van der Waals surface area contributed by atoms with E-state index in [9.17, 15) is 18.0 Å². The maximum absolute atomic E-state index is 12.9. The summed E-state index contributed by atoms with van der Waals surface area (Å²) in [4.78, 5) is 10.3. The number of halogens is 5. The molecule has 1 rings (SSSR count). The van der Waals surface area contributed by atoms with Crippen LogP contribution in [0.1, 0.15) is 24.2 Å². The lowest BCUT2D eigenvalue weighted by molar-refractivity contribution is 0.0686. The fourth-order valence-corrected chi connectivity index (χ4v) is 1.22. The SMILES string of the molecule is CC.O=C(O)c1c(F)c(Cl)c(F)c(Cl)c1F. The van der Waals surface area contributed by atoms with Crippen molar-refractivity contribution in [1.29, 1.82) is 0 Å². The Kier molecular flexibility index (Phi) is 5.61. The standard InChI is InChI=1S/C7HCl2F3O2.C2H6/c8-2-4(10)1(7(13)14)5(11)3(9)6(2)12;1-2/h(H,13,14);1-2H3. The first kappa shape index (κ1) is 15.1. The van der Waals surface area contributed by atoms with E-state index in [-0.39, 0.29) is 0 Å². The average molecular weight is 275 g/mol. The summed E-state index contributed by atoms with van der Waals surface area (Å²) in [6, 6.07) is 0. The van der Waals surface area contributed by atoms with Crippen LogP contribution in [0.15, 0.2) is 0 Å². The second kappa shape index (κ2) is 5.96. The number of hydrogen-bond acceptors (Lipinski definition) is 1. The van der Waals surface area contributed by atoms with Crippen molar-refractivity contribution in [2.45, 2.75) is 13.8 Å². The van der Waals surface area contributed by atoms with Crippen LogP contribution in [0.25, 0.3) is 0 Å². The Morgan fingerprint density at radius 1 is 1.00 bits per heavy atom. The zero-order chi connectivity index (χ0) is 13.0. The molecule has 0 heterocycles. The molecule has 1 aromatic carbocycles. The van der Waals surface area contributed by atoms with Gasteiger partial charge < -0.3 is 5.11 Å². The lowest BCUT2D eigenvalue weighted by atomic mass is 10.2. The third kappa shape index (κ3) is 2.59. The Labute approximate surface area is 99.6 Å². The lowest BCUT2D eigenvalue weighted by Crippen LogP contribution is -2.07. The van der Waals surface area contributed by atoms with Gasteiger partial charge in [-0.05, 0) is 0 Å². The van der Waals surface area contributed by atoms with Crippen LogP contribution in [-0.4, -0.2) is 11.1 Å². The molecule has 0 amide bonds. The summed E-state index contributed by atoms with van der Waals surface area (Å²) >= 11 is 10.1. The van der Waals surface area contributed by atoms with E-state index in [4.69, 9.17) is 28.3 Å². The second-order valence-corrected chi connectivity index (χ2v) is 3.01. The molecule has 0 unspecified atom stereocenters. The quantitative estimate of drug-likeness (QED) is 0.618. The van der Waals surface area contributed by atoms with E-state index in [0.29, 0.717) is 0 Å². The Morgan fingerprint density at radius 3 is 1.56 bits per heavy atom. The Hall–Kier alpha value is -0.940. The second-order valence-electron chi connectivity index (χ2n) is 2.25. The predicted molar refractivity (Wildman–Crippen MR) is 54.6 cm³/mol. The van der Waals surface area contributed by atoms with Gasteiger partial charge in [0.1, 0.15) is 15.6 Å². The number of carboxylic acid groups (broad SMARTS) is 1. The fraction of sp³-hybridized carbons (Fsp3) is 0.222. The van der Waals surface area contributed by atoms with Gasteiger partial charge in [-0.25, -0.2) is 18.0 Å². The zero-order valence-electron chi connectivity index (χ0n) is 8.25. The van der Waals surface area contributed by atoms with Crippen LogP contribution in [-0.2, 0) is 0 Å². The molecule has 0 fully saturated rings. The highest BCUT2D eigenvalue weighted by Crippen LogP contribution is 2.31. The van der Waals surface area contributed by atoms with Crippen molar-refractivity contribution in [3.05, 3.63) is 33.1 Å². The first-order chi connectivity index (χ1) is 7.37. The van der Waals surface area contributed by atoms with Crippen molar-refractivity contribution in [1.82, 2.24) is 0 Å². The summed E-state index contributed by atoms with van der Waals surface area (Å²) in [6.45, 7) is 4.00. The van der Waals surface area contributed by atoms with Crippen LogP contribution in [0.4, 0.5) is 13.2 Å². The minimum Gasteiger partial charge on any atom is -0.477 e. The third-order valence-electron chi connectivity index (χ3n) is 1.42. The van der Waals surface area contributed by atoms with Crippen LogP contribution < -0.4 is 0 Å². The zero-order valence-corrected chi connectivity index (χ0v) is 9.76. The Morgan fingerprint density at radius 2 is 1.31 bits per heavy atom. The van der Waals surface area contributed by atoms with E-state index >= 15 is 0 Å². The van der Waals surface area contributed by atoms with Crippen LogP contribution in [0.2, 0.25) is 10.0 Å². The number of hydrogen-bond donors (Lipinski definition) is 1. The van der Waals surface area contributed by atoms with E-state index in [0.717, 1.165) is 0 Å². The van der Waals surface area contributed by atoms with Gasteiger partial charge in [-0.1, -0.05) is 37.0 Å². The van der Waals surface area contributed by atoms with Gasteiger partial charge in [0.25, 0.3) is 0 Å². The predicted octanol–water partition coefficient (Wildman–Crippen LogP) is 4.14. The molecule has 0 bridgehead atoms. The number of rotatable bonds is 1. The number of aromatic carboxylic acids is 1. The highest BCUT2D eigenvalue weighted by Gasteiger charge is 2.26. The molecule has 0 aromatic heterocycles. The molecule has 7 heteroatoms. The van der Waals surface area contributed by atoms with Crippen molar-refractivity contribution in [3.63, 3.8) is 0 Å². The van der Waals surface area contributed by atoms with Crippen molar-refractivity contribution in [3.8, 4) is 0 Å². The van der Waals surface area contributed by atoms with E-state index in [1.165, 1.54) is 0 Å². The minimum atomic E-state index is -1.91. The summed E-state index contributed by atoms with van der Waals surface area (Å²) in [7, 11) is 0. The molecule has 0 radical (unpaired) electrons. The van der Waals surface area contributed by atoms with Crippen molar-refractivity contribution in [2.75, 3.05) is 0 Å². The van der Waals surface area contributed by atoms with Crippen molar-refractivity contribution >= 4 is 29.2 Å². The van der Waals surface area contributed by atoms with Gasteiger partial charge in [-0.15, -0.1) is 0 Å². The van der Waals surface area contributed by atoms with E-state index in [1.807, 2.05) is 13.8 Å². The van der Waals surface area contributed by atoms with E-state index < -0.39 is 39.0 Å². The summed E-state index contributed by atoms with van der Waals surface area (Å²) in [5.41, 5.74) is -1.37.